The number of aliphatic hydroxyl groups excluding tert-OH is 1. The fourth-order valence-corrected chi connectivity index (χ4v) is 3.20. The molecule has 0 atom stereocenters. The smallest absolute Gasteiger partial charge is 0.322 e. The molecule has 0 bridgehead atoms. The van der Waals surface area contributed by atoms with Crippen LogP contribution >= 0.6 is 0 Å². The summed E-state index contributed by atoms with van der Waals surface area (Å²) in [6.07, 6.45) is 0.128. The topological polar surface area (TPSA) is 116 Å². The highest BCUT2D eigenvalue weighted by Gasteiger charge is 2.32. The first kappa shape index (κ1) is 20.9. The van der Waals surface area contributed by atoms with Crippen LogP contribution in [0.15, 0.2) is 59.9 Å². The lowest BCUT2D eigenvalue weighted by atomic mass is 10.0. The Morgan fingerprint density at radius 1 is 1.13 bits per heavy atom. The first-order valence-corrected chi connectivity index (χ1v) is 9.33. The number of nitrogens with one attached hydrogen (secondary N) is 1. The number of aliphatic hydroxyl groups is 1. The maximum atomic E-state index is 12.7. The summed E-state index contributed by atoms with van der Waals surface area (Å²) in [5, 5.41) is 20.8. The van der Waals surface area contributed by atoms with Crippen LogP contribution in [0.25, 0.3) is 11.1 Å². The van der Waals surface area contributed by atoms with E-state index in [1.54, 1.807) is 7.11 Å². The van der Waals surface area contributed by atoms with Crippen LogP contribution in [0.5, 0.6) is 5.75 Å². The Kier molecular flexibility index (Phi) is 6.36. The molecular weight excluding hydrogens is 388 g/mol. The number of aliphatic carboxylic acids is 1. The number of rotatable bonds is 7. The van der Waals surface area contributed by atoms with Gasteiger partial charge in [0, 0.05) is 19.5 Å². The van der Waals surface area contributed by atoms with Gasteiger partial charge >= 0.3 is 5.97 Å². The van der Waals surface area contributed by atoms with Crippen molar-refractivity contribution in [2.75, 3.05) is 20.2 Å². The number of carboxylic acids is 1. The first-order valence-electron chi connectivity index (χ1n) is 9.33. The Bertz CT molecular complexity index is 997. The lowest BCUT2D eigenvalue weighted by Gasteiger charge is -2.28. The highest BCUT2D eigenvalue weighted by atomic mass is 16.5. The van der Waals surface area contributed by atoms with Gasteiger partial charge in [-0.3, -0.25) is 14.4 Å². The van der Waals surface area contributed by atoms with E-state index in [-0.39, 0.29) is 25.3 Å². The largest absolute Gasteiger partial charge is 0.511 e. The van der Waals surface area contributed by atoms with E-state index in [4.69, 9.17) is 9.84 Å². The molecule has 0 saturated carbocycles. The normalized spacial score (nSPS) is 13.9. The van der Waals surface area contributed by atoms with E-state index in [9.17, 15) is 19.5 Å². The van der Waals surface area contributed by atoms with Gasteiger partial charge in [-0.15, -0.1) is 0 Å². The third-order valence-corrected chi connectivity index (χ3v) is 4.77. The highest BCUT2D eigenvalue weighted by Crippen LogP contribution is 2.25. The quantitative estimate of drug-likeness (QED) is 0.602. The zero-order chi connectivity index (χ0) is 21.7. The Morgan fingerprint density at radius 3 is 2.53 bits per heavy atom. The van der Waals surface area contributed by atoms with Gasteiger partial charge in [-0.1, -0.05) is 36.4 Å². The van der Waals surface area contributed by atoms with Crippen molar-refractivity contribution in [2.24, 2.45) is 0 Å². The number of carboxylic acid groups (broad SMARTS) is 1. The van der Waals surface area contributed by atoms with Crippen molar-refractivity contribution in [1.29, 1.82) is 0 Å². The molecule has 1 heterocycles. The molecule has 0 radical (unpaired) electrons. The molecule has 0 saturated heterocycles. The lowest BCUT2D eigenvalue weighted by molar-refractivity contribution is -0.138. The van der Waals surface area contributed by atoms with Gasteiger partial charge in [0.2, 0.25) is 0 Å². The molecule has 30 heavy (non-hydrogen) atoms. The van der Waals surface area contributed by atoms with Crippen LogP contribution in [0.2, 0.25) is 0 Å². The second-order valence-electron chi connectivity index (χ2n) is 6.80. The Labute approximate surface area is 173 Å². The molecule has 0 fully saturated rings. The van der Waals surface area contributed by atoms with Crippen LogP contribution in [0.1, 0.15) is 12.0 Å². The van der Waals surface area contributed by atoms with Gasteiger partial charge in [-0.05, 0) is 28.8 Å². The van der Waals surface area contributed by atoms with Gasteiger partial charge in [0.25, 0.3) is 11.8 Å². The number of hydrogen-bond acceptors (Lipinski definition) is 5. The molecule has 0 aromatic heterocycles. The van der Waals surface area contributed by atoms with Crippen LogP contribution in [-0.2, 0) is 20.9 Å². The minimum absolute atomic E-state index is 0.128. The zero-order valence-corrected chi connectivity index (χ0v) is 16.4. The third kappa shape index (κ3) is 4.78. The van der Waals surface area contributed by atoms with E-state index in [0.717, 1.165) is 22.4 Å². The molecule has 8 heteroatoms. The van der Waals surface area contributed by atoms with Crippen LogP contribution < -0.4 is 10.1 Å². The van der Waals surface area contributed by atoms with Gasteiger partial charge in [0.05, 0.1) is 7.11 Å². The number of amides is 2. The maximum Gasteiger partial charge on any atom is 0.322 e. The second kappa shape index (κ2) is 9.13. The number of carbonyl (C=O) groups is 3. The predicted octanol–water partition coefficient (Wildman–Crippen LogP) is 2.11. The van der Waals surface area contributed by atoms with Crippen molar-refractivity contribution in [3.63, 3.8) is 0 Å². The van der Waals surface area contributed by atoms with Crippen LogP contribution in [0.4, 0.5) is 0 Å². The molecule has 2 amide bonds. The molecule has 3 N–H and O–H groups in total. The fourth-order valence-electron chi connectivity index (χ4n) is 3.20. The summed E-state index contributed by atoms with van der Waals surface area (Å²) in [4.78, 5) is 36.9. The number of hydrogen-bond donors (Lipinski definition) is 3. The van der Waals surface area contributed by atoms with Gasteiger partial charge in [0.1, 0.15) is 23.6 Å². The molecule has 156 valence electrons. The Balaban J connectivity index is 1.71. The van der Waals surface area contributed by atoms with Gasteiger partial charge in [-0.2, -0.15) is 0 Å². The minimum atomic E-state index is -1.24. The van der Waals surface area contributed by atoms with Crippen LogP contribution in [0.3, 0.4) is 0 Å². The van der Waals surface area contributed by atoms with Crippen molar-refractivity contribution < 1.29 is 29.3 Å². The van der Waals surface area contributed by atoms with E-state index >= 15 is 0 Å². The molecule has 0 unspecified atom stereocenters. The van der Waals surface area contributed by atoms with Gasteiger partial charge < -0.3 is 25.2 Å². The van der Waals surface area contributed by atoms with Gasteiger partial charge in [-0.25, -0.2) is 0 Å². The summed E-state index contributed by atoms with van der Waals surface area (Å²) in [5.41, 5.74) is 2.45. The summed E-state index contributed by atoms with van der Waals surface area (Å²) >= 11 is 0. The van der Waals surface area contributed by atoms with Crippen molar-refractivity contribution in [3.8, 4) is 16.9 Å². The van der Waals surface area contributed by atoms with Crippen molar-refractivity contribution in [3.05, 3.63) is 65.4 Å². The number of methoxy groups -OCH3 is 1. The number of ether oxygens (including phenoxy) is 1. The van der Waals surface area contributed by atoms with Crippen molar-refractivity contribution in [2.45, 2.75) is 13.0 Å². The molecule has 2 aromatic rings. The van der Waals surface area contributed by atoms with E-state index in [1.165, 1.54) is 4.90 Å². The third-order valence-electron chi connectivity index (χ3n) is 4.77. The minimum Gasteiger partial charge on any atom is -0.511 e. The van der Waals surface area contributed by atoms with E-state index in [2.05, 4.69) is 5.32 Å². The summed E-state index contributed by atoms with van der Waals surface area (Å²) in [6.45, 7) is -0.104. The van der Waals surface area contributed by atoms with E-state index < -0.39 is 29.9 Å². The second-order valence-corrected chi connectivity index (χ2v) is 6.80. The molecule has 1 aliphatic heterocycles. The zero-order valence-electron chi connectivity index (χ0n) is 16.4. The molecule has 1 aliphatic rings. The Hall–Kier alpha value is -3.81. The van der Waals surface area contributed by atoms with Crippen molar-refractivity contribution >= 4 is 17.8 Å². The van der Waals surface area contributed by atoms with Crippen LogP contribution in [0, 0.1) is 0 Å². The van der Waals surface area contributed by atoms with Crippen molar-refractivity contribution in [1.82, 2.24) is 10.2 Å². The molecule has 2 aromatic carbocycles. The van der Waals surface area contributed by atoms with E-state index in [0.29, 0.717) is 0 Å². The van der Waals surface area contributed by atoms with Gasteiger partial charge in [0.15, 0.2) is 0 Å². The fraction of sp³-hybridized carbons (Fsp3) is 0.227. The molecule has 0 spiro atoms. The van der Waals surface area contributed by atoms with E-state index in [1.807, 2.05) is 48.5 Å². The number of nitrogens with zero attached hydrogens (tertiary/aromatic N) is 1. The first-order chi connectivity index (χ1) is 14.4. The summed E-state index contributed by atoms with van der Waals surface area (Å²) in [7, 11) is 1.61. The monoisotopic (exact) mass is 410 g/mol. The SMILES string of the molecule is COc1cccc(-c2ccc(CN3CCC(O)=C(C(=O)NCC(=O)O)C3=O)cc2)c1. The van der Waals surface area contributed by atoms with Crippen LogP contribution in [-0.4, -0.2) is 53.1 Å². The predicted molar refractivity (Wildman–Crippen MR) is 109 cm³/mol. The summed E-state index contributed by atoms with van der Waals surface area (Å²) < 4.78 is 5.25. The highest BCUT2D eigenvalue weighted by molar-refractivity contribution is 6.19. The lowest BCUT2D eigenvalue weighted by Crippen LogP contribution is -2.43. The number of carbonyl (C=O) groups excluding carboxylic acids is 2. The maximum absolute atomic E-state index is 12.7. The Morgan fingerprint density at radius 2 is 1.87 bits per heavy atom. The molecule has 3 rings (SSSR count). The number of benzene rings is 2. The average molecular weight is 410 g/mol. The average Bonchev–Trinajstić information content (AvgIpc) is 2.75. The molecular formula is C22H22N2O6. The molecule has 8 nitrogen and oxygen atoms in total. The molecule has 0 aliphatic carbocycles. The standard InChI is InChI=1S/C22H22N2O6/c1-30-17-4-2-3-16(11-17)15-7-5-14(6-8-15)13-24-10-9-18(25)20(22(24)29)21(28)23-12-19(26)27/h2-8,11,25H,9-10,12-13H2,1H3,(H,23,28)(H,26,27). The summed E-state index contributed by atoms with van der Waals surface area (Å²) in [5.74, 6) is -2.32. The summed E-state index contributed by atoms with van der Waals surface area (Å²) in [6, 6.07) is 15.3.